The van der Waals surface area contributed by atoms with Gasteiger partial charge >= 0.3 is 0 Å². The molecular weight excluding hydrogens is 544 g/mol. The van der Waals surface area contributed by atoms with E-state index in [1.165, 1.54) is 0 Å². The lowest BCUT2D eigenvalue weighted by molar-refractivity contribution is 0.0248. The summed E-state index contributed by atoms with van der Waals surface area (Å²) in [6, 6.07) is 0. The van der Waals surface area contributed by atoms with Gasteiger partial charge in [0.25, 0.3) is 0 Å². The van der Waals surface area contributed by atoms with E-state index >= 15 is 0 Å². The highest BCUT2D eigenvalue weighted by atomic mass is 16.3. The molecule has 0 saturated heterocycles. The first-order valence-corrected chi connectivity index (χ1v) is 15.9. The van der Waals surface area contributed by atoms with Crippen molar-refractivity contribution in [1.82, 2.24) is 0 Å². The smallest absolute Gasteiger partial charge is 0.0616 e. The highest BCUT2D eigenvalue weighted by Gasteiger charge is 2.15. The summed E-state index contributed by atoms with van der Waals surface area (Å²) in [7, 11) is 0. The molecule has 0 heterocycles. The van der Waals surface area contributed by atoms with Crippen LogP contribution in [0.3, 0.4) is 0 Å². The topological polar surface area (TPSA) is 202 Å². The van der Waals surface area contributed by atoms with Crippen LogP contribution in [0.1, 0.15) is 140 Å². The van der Waals surface area contributed by atoms with E-state index in [0.29, 0.717) is 32.1 Å². The molecule has 10 nitrogen and oxygen atoms in total. The Bertz CT molecular complexity index is 474. The third kappa shape index (κ3) is 59.1. The fraction of sp³-hybridized carbons (Fsp3) is 1.00. The van der Waals surface area contributed by atoms with Crippen LogP contribution in [0.4, 0.5) is 0 Å². The molecule has 0 aliphatic heterocycles. The minimum Gasteiger partial charge on any atom is -0.396 e. The van der Waals surface area contributed by atoms with E-state index in [0.717, 1.165) is 32.1 Å². The van der Waals surface area contributed by atoms with E-state index in [4.69, 9.17) is 46.0 Å². The van der Waals surface area contributed by atoms with Crippen LogP contribution in [0.25, 0.3) is 0 Å². The van der Waals surface area contributed by atoms with Gasteiger partial charge in [0.15, 0.2) is 0 Å². The van der Waals surface area contributed by atoms with Crippen LogP contribution < -0.4 is 0 Å². The highest BCUT2D eigenvalue weighted by Crippen LogP contribution is 2.12. The lowest BCUT2D eigenvalue weighted by Crippen LogP contribution is -2.24. The van der Waals surface area contributed by atoms with Gasteiger partial charge in [0.2, 0.25) is 0 Å². The summed E-state index contributed by atoms with van der Waals surface area (Å²) in [5.41, 5.74) is -0.728. The average molecular weight is 619 g/mol. The molecule has 9 atom stereocenters. The average Bonchev–Trinajstić information content (AvgIpc) is 2.77. The van der Waals surface area contributed by atoms with Crippen LogP contribution in [0.5, 0.6) is 0 Å². The fourth-order valence-corrected chi connectivity index (χ4v) is 3.60. The molecule has 0 radical (unpaired) electrons. The summed E-state index contributed by atoms with van der Waals surface area (Å²) in [4.78, 5) is 0. The third-order valence-corrected chi connectivity index (χ3v) is 5.60. The molecule has 9 unspecified atom stereocenters. The minimum atomic E-state index is -0.728. The molecule has 10 N–H and O–H groups in total. The Kier molecular flexibility index (Phi) is 40.8. The van der Waals surface area contributed by atoms with Gasteiger partial charge in [0.1, 0.15) is 0 Å². The van der Waals surface area contributed by atoms with Crippen molar-refractivity contribution >= 4 is 0 Å². The molecule has 0 fully saturated rings. The van der Waals surface area contributed by atoms with E-state index in [2.05, 4.69) is 0 Å². The van der Waals surface area contributed by atoms with Gasteiger partial charge in [-0.15, -0.1) is 0 Å². The monoisotopic (exact) mass is 619 g/mol. The zero-order valence-electron chi connectivity index (χ0n) is 28.9. The van der Waals surface area contributed by atoms with E-state index in [-0.39, 0.29) is 55.3 Å². The van der Waals surface area contributed by atoms with Gasteiger partial charge in [0.05, 0.1) is 54.4 Å². The standard InChI is InChI=1S/C8H18O2.C7H16O2.2C6H14O2.C5H12O2/c1-3-5-8(10)7(4-2)6-9;1-3-4-7(9)5-6(2)8;1-5(7)4-6(2,3)8;1-5(7)3-4-6(2)8;1-4(6)3-5(2)7/h7-10H,3-6H2,1-2H3;6-9H,3-5H2,1-2H3;5,7-8H,4H2,1-3H3;5-8H,3-4H2,1-2H3;4-7H,3H2,1-2H3. The summed E-state index contributed by atoms with van der Waals surface area (Å²) in [5, 5.41) is 88.2. The SMILES string of the molecule is CC(O)CC(C)(C)O.CC(O)CC(C)O.CC(O)CCC(C)O.CCCC(O)C(CC)CO.CCCC(O)CC(C)O. The van der Waals surface area contributed by atoms with E-state index < -0.39 is 11.7 Å². The molecule has 0 aromatic carbocycles. The van der Waals surface area contributed by atoms with E-state index in [9.17, 15) is 5.11 Å². The molecule has 0 aromatic heterocycles. The molecule has 0 amide bonds. The van der Waals surface area contributed by atoms with E-state index in [1.807, 2.05) is 20.8 Å². The van der Waals surface area contributed by atoms with Crippen molar-refractivity contribution in [1.29, 1.82) is 0 Å². The predicted molar refractivity (Wildman–Crippen MR) is 172 cm³/mol. The maximum atomic E-state index is 9.35. The maximum Gasteiger partial charge on any atom is 0.0616 e. The second kappa shape index (κ2) is 33.5. The molecular formula is C32H74O10. The van der Waals surface area contributed by atoms with Crippen LogP contribution in [0, 0.1) is 5.92 Å². The van der Waals surface area contributed by atoms with Crippen molar-refractivity contribution in [2.75, 3.05) is 6.61 Å². The largest absolute Gasteiger partial charge is 0.396 e. The van der Waals surface area contributed by atoms with Gasteiger partial charge < -0.3 is 51.1 Å². The van der Waals surface area contributed by atoms with Gasteiger partial charge in [-0.05, 0) is 100 Å². The minimum absolute atomic E-state index is 0.0833. The summed E-state index contributed by atoms with van der Waals surface area (Å²) in [6.07, 6.45) is 4.54. The van der Waals surface area contributed by atoms with Crippen molar-refractivity contribution in [3.8, 4) is 0 Å². The Balaban J connectivity index is -0.000000137. The van der Waals surface area contributed by atoms with Gasteiger partial charge in [-0.1, -0.05) is 33.6 Å². The van der Waals surface area contributed by atoms with Crippen molar-refractivity contribution in [3.05, 3.63) is 0 Å². The Labute approximate surface area is 258 Å². The second-order valence-corrected chi connectivity index (χ2v) is 12.3. The lowest BCUT2D eigenvalue weighted by atomic mass is 9.97. The number of rotatable bonds is 16. The van der Waals surface area contributed by atoms with Crippen LogP contribution in [0.15, 0.2) is 0 Å². The lowest BCUT2D eigenvalue weighted by Gasteiger charge is -2.17. The molecule has 0 aliphatic rings. The number of hydrogen-bond acceptors (Lipinski definition) is 10. The van der Waals surface area contributed by atoms with Crippen molar-refractivity contribution in [2.24, 2.45) is 5.92 Å². The Morgan fingerprint density at radius 2 is 0.905 bits per heavy atom. The Hall–Kier alpha value is -0.400. The number of aliphatic hydroxyl groups is 10. The third-order valence-electron chi connectivity index (χ3n) is 5.60. The van der Waals surface area contributed by atoms with Crippen molar-refractivity contribution in [2.45, 2.75) is 195 Å². The fourth-order valence-electron chi connectivity index (χ4n) is 3.60. The van der Waals surface area contributed by atoms with Gasteiger partial charge in [-0.3, -0.25) is 0 Å². The summed E-state index contributed by atoms with van der Waals surface area (Å²) in [6.45, 7) is 19.6. The summed E-state index contributed by atoms with van der Waals surface area (Å²) >= 11 is 0. The molecule has 0 spiro atoms. The number of aliphatic hydroxyl groups excluding tert-OH is 9. The summed E-state index contributed by atoms with van der Waals surface area (Å²) in [5.74, 6) is 0.0833. The zero-order chi connectivity index (χ0) is 34.5. The first-order valence-electron chi connectivity index (χ1n) is 15.9. The molecule has 10 heteroatoms. The molecule has 0 aliphatic carbocycles. The maximum absolute atomic E-state index is 9.35. The van der Waals surface area contributed by atoms with Gasteiger partial charge in [0, 0.05) is 18.9 Å². The van der Waals surface area contributed by atoms with Crippen LogP contribution >= 0.6 is 0 Å². The zero-order valence-corrected chi connectivity index (χ0v) is 28.9. The van der Waals surface area contributed by atoms with Crippen molar-refractivity contribution in [3.63, 3.8) is 0 Å². The van der Waals surface area contributed by atoms with E-state index in [1.54, 1.807) is 55.4 Å². The first-order chi connectivity index (χ1) is 19.1. The van der Waals surface area contributed by atoms with Gasteiger partial charge in [-0.2, -0.15) is 0 Å². The quantitative estimate of drug-likeness (QED) is 0.122. The van der Waals surface area contributed by atoms with Crippen LogP contribution in [-0.4, -0.2) is 112 Å². The highest BCUT2D eigenvalue weighted by molar-refractivity contribution is 4.67. The van der Waals surface area contributed by atoms with Crippen LogP contribution in [0.2, 0.25) is 0 Å². The molecule has 0 rings (SSSR count). The van der Waals surface area contributed by atoms with Gasteiger partial charge in [-0.25, -0.2) is 0 Å². The molecule has 0 bridgehead atoms. The molecule has 0 saturated carbocycles. The summed E-state index contributed by atoms with van der Waals surface area (Å²) < 4.78 is 0. The Morgan fingerprint density at radius 3 is 1.07 bits per heavy atom. The molecule has 262 valence electrons. The van der Waals surface area contributed by atoms with Crippen molar-refractivity contribution < 1.29 is 51.1 Å². The van der Waals surface area contributed by atoms with Crippen LogP contribution in [-0.2, 0) is 0 Å². The predicted octanol–water partition coefficient (Wildman–Crippen LogP) is 3.28. The number of hydrogen-bond donors (Lipinski definition) is 10. The molecule has 0 aromatic rings. The second-order valence-electron chi connectivity index (χ2n) is 12.3. The molecule has 42 heavy (non-hydrogen) atoms. The first kappa shape index (κ1) is 51.2. The Morgan fingerprint density at radius 1 is 0.524 bits per heavy atom. The normalized spacial score (nSPS) is 17.4.